The zero-order chi connectivity index (χ0) is 10.1. The van der Waals surface area contributed by atoms with Crippen molar-refractivity contribution in [3.8, 4) is 5.75 Å². The molecule has 0 bridgehead atoms. The molecule has 1 aromatic rings. The van der Waals surface area contributed by atoms with Crippen LogP contribution < -0.4 is 0 Å². The molecule has 0 aromatic heterocycles. The van der Waals surface area contributed by atoms with Crippen LogP contribution in [0.1, 0.15) is 19.4 Å². The van der Waals surface area contributed by atoms with E-state index in [1.54, 1.807) is 13.8 Å². The van der Waals surface area contributed by atoms with Crippen molar-refractivity contribution >= 4 is 6.29 Å². The van der Waals surface area contributed by atoms with Crippen LogP contribution in [0.25, 0.3) is 0 Å². The Morgan fingerprint density at radius 1 is 1.46 bits per heavy atom. The van der Waals surface area contributed by atoms with Gasteiger partial charge in [-0.2, -0.15) is 0 Å². The first-order valence-electron chi connectivity index (χ1n) is 3.93. The number of aldehydes is 1. The molecule has 0 aliphatic carbocycles. The largest absolute Gasteiger partial charge is 0.508 e. The molecule has 0 radical (unpaired) electrons. The van der Waals surface area contributed by atoms with Gasteiger partial charge in [-0.3, -0.25) is 0 Å². The highest BCUT2D eigenvalue weighted by Gasteiger charge is 2.23. The lowest BCUT2D eigenvalue weighted by Crippen LogP contribution is -2.18. The molecule has 0 heterocycles. The van der Waals surface area contributed by atoms with Crippen LogP contribution in [0.2, 0.25) is 0 Å². The minimum atomic E-state index is -0.855. The lowest BCUT2D eigenvalue weighted by molar-refractivity contribution is -0.111. The summed E-state index contributed by atoms with van der Waals surface area (Å²) >= 11 is 0. The van der Waals surface area contributed by atoms with E-state index in [1.165, 1.54) is 12.1 Å². The molecular formula is C10H11FO2. The molecule has 0 saturated heterocycles. The van der Waals surface area contributed by atoms with Crippen molar-refractivity contribution in [3.05, 3.63) is 29.6 Å². The van der Waals surface area contributed by atoms with Gasteiger partial charge in [0.2, 0.25) is 0 Å². The van der Waals surface area contributed by atoms with Crippen molar-refractivity contribution in [2.45, 2.75) is 19.3 Å². The van der Waals surface area contributed by atoms with E-state index in [0.717, 1.165) is 6.07 Å². The normalized spacial score (nSPS) is 11.3. The third-order valence-electron chi connectivity index (χ3n) is 1.95. The second-order valence-electron chi connectivity index (χ2n) is 3.50. The third-order valence-corrected chi connectivity index (χ3v) is 1.95. The molecule has 1 aromatic carbocycles. The van der Waals surface area contributed by atoms with Crippen molar-refractivity contribution in [2.24, 2.45) is 0 Å². The quantitative estimate of drug-likeness (QED) is 0.710. The number of carbonyl (C=O) groups excluding carboxylic acids is 1. The number of phenols is 1. The number of hydrogen-bond acceptors (Lipinski definition) is 2. The minimum absolute atomic E-state index is 0.0569. The Bertz CT molecular complexity index is 332. The summed E-state index contributed by atoms with van der Waals surface area (Å²) < 4.78 is 12.8. The Balaban J connectivity index is 3.28. The van der Waals surface area contributed by atoms with Crippen LogP contribution in [0, 0.1) is 5.82 Å². The summed E-state index contributed by atoms with van der Waals surface area (Å²) in [5.74, 6) is -0.513. The van der Waals surface area contributed by atoms with Gasteiger partial charge in [-0.1, -0.05) is 0 Å². The van der Waals surface area contributed by atoms with E-state index in [2.05, 4.69) is 0 Å². The van der Waals surface area contributed by atoms with Crippen molar-refractivity contribution in [3.63, 3.8) is 0 Å². The highest BCUT2D eigenvalue weighted by molar-refractivity contribution is 5.69. The Labute approximate surface area is 76.0 Å². The predicted octanol–water partition coefficient (Wildman–Crippen LogP) is 2.01. The van der Waals surface area contributed by atoms with E-state index < -0.39 is 11.2 Å². The maximum atomic E-state index is 12.8. The van der Waals surface area contributed by atoms with Crippen molar-refractivity contribution in [2.75, 3.05) is 0 Å². The molecule has 0 spiro atoms. The average molecular weight is 182 g/mol. The molecule has 1 N–H and O–H groups in total. The zero-order valence-corrected chi connectivity index (χ0v) is 7.54. The maximum absolute atomic E-state index is 12.8. The van der Waals surface area contributed by atoms with Crippen molar-refractivity contribution < 1.29 is 14.3 Å². The molecule has 3 heteroatoms. The molecule has 2 nitrogen and oxygen atoms in total. The third kappa shape index (κ3) is 1.86. The summed E-state index contributed by atoms with van der Waals surface area (Å²) in [4.78, 5) is 10.7. The van der Waals surface area contributed by atoms with Gasteiger partial charge in [-0.15, -0.1) is 0 Å². The van der Waals surface area contributed by atoms with Gasteiger partial charge in [0.1, 0.15) is 17.9 Å². The fourth-order valence-electron chi connectivity index (χ4n) is 1.09. The molecule has 0 unspecified atom stereocenters. The zero-order valence-electron chi connectivity index (χ0n) is 7.54. The van der Waals surface area contributed by atoms with E-state index in [4.69, 9.17) is 0 Å². The van der Waals surface area contributed by atoms with E-state index in [1.807, 2.05) is 0 Å². The van der Waals surface area contributed by atoms with Crippen LogP contribution >= 0.6 is 0 Å². The Kier molecular flexibility index (Phi) is 2.36. The summed E-state index contributed by atoms with van der Waals surface area (Å²) in [5.41, 5.74) is -0.547. The van der Waals surface area contributed by atoms with Gasteiger partial charge in [0.15, 0.2) is 0 Å². The predicted molar refractivity (Wildman–Crippen MR) is 47.2 cm³/mol. The highest BCUT2D eigenvalue weighted by Crippen LogP contribution is 2.29. The fraction of sp³-hybridized carbons (Fsp3) is 0.300. The molecule has 0 saturated carbocycles. The molecule has 0 amide bonds. The first-order valence-corrected chi connectivity index (χ1v) is 3.93. The van der Waals surface area contributed by atoms with E-state index in [0.29, 0.717) is 11.8 Å². The number of carbonyl (C=O) groups is 1. The average Bonchev–Trinajstić information content (AvgIpc) is 2.09. The van der Waals surface area contributed by atoms with Crippen molar-refractivity contribution in [1.82, 2.24) is 0 Å². The van der Waals surface area contributed by atoms with Gasteiger partial charge in [0.25, 0.3) is 0 Å². The second-order valence-corrected chi connectivity index (χ2v) is 3.50. The van der Waals surface area contributed by atoms with Gasteiger partial charge in [-0.05, 0) is 32.0 Å². The standard InChI is InChI=1S/C10H11FO2/c1-10(2,6-12)8-5-7(11)3-4-9(8)13/h3-6,13H,1-2H3. The molecule has 1 rings (SSSR count). The summed E-state index contributed by atoms with van der Waals surface area (Å²) in [5, 5.41) is 9.38. The molecule has 0 aliphatic heterocycles. The first kappa shape index (κ1) is 9.71. The smallest absolute Gasteiger partial charge is 0.130 e. The maximum Gasteiger partial charge on any atom is 0.130 e. The SMILES string of the molecule is CC(C)(C=O)c1cc(F)ccc1O. The summed E-state index contributed by atoms with van der Waals surface area (Å²) in [7, 11) is 0. The van der Waals surface area contributed by atoms with Gasteiger partial charge < -0.3 is 9.90 Å². The number of benzene rings is 1. The number of phenolic OH excluding ortho intramolecular Hbond substituents is 1. The number of aromatic hydroxyl groups is 1. The minimum Gasteiger partial charge on any atom is -0.508 e. The molecule has 13 heavy (non-hydrogen) atoms. The van der Waals surface area contributed by atoms with Crippen LogP contribution in [0.5, 0.6) is 5.75 Å². The second kappa shape index (κ2) is 3.17. The van der Waals surface area contributed by atoms with Crippen LogP contribution in [0.4, 0.5) is 4.39 Å². The van der Waals surface area contributed by atoms with Gasteiger partial charge in [0, 0.05) is 11.0 Å². The summed E-state index contributed by atoms with van der Waals surface area (Å²) in [6, 6.07) is 3.57. The molecular weight excluding hydrogens is 171 g/mol. The van der Waals surface area contributed by atoms with Gasteiger partial charge in [-0.25, -0.2) is 4.39 Å². The lowest BCUT2D eigenvalue weighted by Gasteiger charge is -2.18. The topological polar surface area (TPSA) is 37.3 Å². The molecule has 0 fully saturated rings. The monoisotopic (exact) mass is 182 g/mol. The Morgan fingerprint density at radius 2 is 2.08 bits per heavy atom. The lowest BCUT2D eigenvalue weighted by atomic mass is 9.86. The first-order chi connectivity index (χ1) is 5.97. The van der Waals surface area contributed by atoms with Gasteiger partial charge in [0.05, 0.1) is 0 Å². The Hall–Kier alpha value is -1.38. The van der Waals surface area contributed by atoms with E-state index in [9.17, 15) is 14.3 Å². The van der Waals surface area contributed by atoms with Crippen LogP contribution in [0.3, 0.4) is 0 Å². The number of halogens is 1. The number of rotatable bonds is 2. The molecule has 0 atom stereocenters. The van der Waals surface area contributed by atoms with E-state index >= 15 is 0 Å². The van der Waals surface area contributed by atoms with E-state index in [-0.39, 0.29) is 5.75 Å². The summed E-state index contributed by atoms with van der Waals surface area (Å²) in [6.07, 6.45) is 0.682. The van der Waals surface area contributed by atoms with Crippen molar-refractivity contribution in [1.29, 1.82) is 0 Å². The van der Waals surface area contributed by atoms with Crippen LogP contribution in [-0.4, -0.2) is 11.4 Å². The summed E-state index contributed by atoms with van der Waals surface area (Å²) in [6.45, 7) is 3.24. The Morgan fingerprint density at radius 3 is 2.62 bits per heavy atom. The van der Waals surface area contributed by atoms with Crippen LogP contribution in [0.15, 0.2) is 18.2 Å². The number of hydrogen-bond donors (Lipinski definition) is 1. The van der Waals surface area contributed by atoms with Crippen LogP contribution in [-0.2, 0) is 10.2 Å². The fourth-order valence-corrected chi connectivity index (χ4v) is 1.09. The molecule has 0 aliphatic rings. The highest BCUT2D eigenvalue weighted by atomic mass is 19.1. The molecule has 70 valence electrons. The van der Waals surface area contributed by atoms with Gasteiger partial charge >= 0.3 is 0 Å².